The summed E-state index contributed by atoms with van der Waals surface area (Å²) in [5.41, 5.74) is 3.57. The fourth-order valence-corrected chi connectivity index (χ4v) is 2.31. The van der Waals surface area contributed by atoms with Crippen LogP contribution in [0.25, 0.3) is 16.9 Å². The van der Waals surface area contributed by atoms with Gasteiger partial charge in [-0.2, -0.15) is 0 Å². The summed E-state index contributed by atoms with van der Waals surface area (Å²) in [6.45, 7) is 3.37. The van der Waals surface area contributed by atoms with Gasteiger partial charge in [0.05, 0.1) is 5.69 Å². The Hall–Kier alpha value is -2.20. The lowest BCUT2D eigenvalue weighted by atomic mass is 10.1. The quantitative estimate of drug-likeness (QED) is 0.787. The van der Waals surface area contributed by atoms with Gasteiger partial charge in [-0.1, -0.05) is 13.0 Å². The first-order chi connectivity index (χ1) is 9.79. The molecule has 2 heterocycles. The molecule has 0 spiro atoms. The van der Waals surface area contributed by atoms with Gasteiger partial charge in [0.15, 0.2) is 0 Å². The maximum Gasteiger partial charge on any atom is 0.137 e. The van der Waals surface area contributed by atoms with Crippen LogP contribution in [0.4, 0.5) is 4.39 Å². The molecule has 0 amide bonds. The third-order valence-corrected chi connectivity index (χ3v) is 3.34. The van der Waals surface area contributed by atoms with E-state index in [0.29, 0.717) is 12.1 Å². The Bertz CT molecular complexity index is 733. The van der Waals surface area contributed by atoms with Crippen LogP contribution in [-0.2, 0) is 6.54 Å². The Morgan fingerprint density at radius 1 is 1.25 bits per heavy atom. The number of hydrogen-bond acceptors (Lipinski definition) is 2. The topological polar surface area (TPSA) is 29.3 Å². The lowest BCUT2D eigenvalue weighted by Crippen LogP contribution is -2.13. The maximum absolute atomic E-state index is 13.8. The van der Waals surface area contributed by atoms with Crippen LogP contribution >= 0.6 is 0 Å². The van der Waals surface area contributed by atoms with E-state index in [1.807, 2.05) is 41.8 Å². The number of pyridine rings is 1. The molecule has 0 unspecified atom stereocenters. The highest BCUT2D eigenvalue weighted by molar-refractivity contribution is 5.64. The smallest absolute Gasteiger partial charge is 0.137 e. The van der Waals surface area contributed by atoms with Crippen LogP contribution in [-0.4, -0.2) is 15.9 Å². The third kappa shape index (κ3) is 2.30. The first kappa shape index (κ1) is 12.8. The molecule has 20 heavy (non-hydrogen) atoms. The van der Waals surface area contributed by atoms with Crippen LogP contribution in [0.1, 0.15) is 12.5 Å². The molecule has 1 N–H and O–H groups in total. The lowest BCUT2D eigenvalue weighted by Gasteiger charge is -2.09. The Balaban J connectivity index is 2.07. The lowest BCUT2D eigenvalue weighted by molar-refractivity contribution is 0.593. The minimum atomic E-state index is -0.174. The second kappa shape index (κ2) is 5.43. The number of rotatable bonds is 4. The average Bonchev–Trinajstić information content (AvgIpc) is 2.95. The van der Waals surface area contributed by atoms with Gasteiger partial charge in [-0.15, -0.1) is 0 Å². The summed E-state index contributed by atoms with van der Waals surface area (Å²) >= 11 is 0. The molecule has 0 saturated heterocycles. The molecule has 1 aromatic carbocycles. The van der Waals surface area contributed by atoms with E-state index < -0.39 is 0 Å². The van der Waals surface area contributed by atoms with Crippen LogP contribution in [0, 0.1) is 5.82 Å². The van der Waals surface area contributed by atoms with E-state index >= 15 is 0 Å². The zero-order valence-electron chi connectivity index (χ0n) is 11.3. The molecule has 102 valence electrons. The van der Waals surface area contributed by atoms with E-state index in [2.05, 4.69) is 10.3 Å². The molecule has 0 aliphatic carbocycles. The Kier molecular flexibility index (Phi) is 3.48. The summed E-state index contributed by atoms with van der Waals surface area (Å²) in [5, 5.41) is 3.16. The molecule has 4 heteroatoms. The maximum atomic E-state index is 13.8. The highest BCUT2D eigenvalue weighted by Gasteiger charge is 2.07. The summed E-state index contributed by atoms with van der Waals surface area (Å²) in [6, 6.07) is 11.2. The van der Waals surface area contributed by atoms with Gasteiger partial charge in [-0.25, -0.2) is 9.37 Å². The van der Waals surface area contributed by atoms with E-state index in [-0.39, 0.29) is 5.82 Å². The number of nitrogens with zero attached hydrogens (tertiary/aromatic N) is 2. The largest absolute Gasteiger partial charge is 0.313 e. The zero-order valence-corrected chi connectivity index (χ0v) is 11.3. The highest BCUT2D eigenvalue weighted by Crippen LogP contribution is 2.23. The second-order valence-electron chi connectivity index (χ2n) is 4.65. The van der Waals surface area contributed by atoms with E-state index in [4.69, 9.17) is 0 Å². The molecule has 3 aromatic rings. The van der Waals surface area contributed by atoms with E-state index in [0.717, 1.165) is 23.4 Å². The first-order valence-electron chi connectivity index (χ1n) is 6.71. The normalized spacial score (nSPS) is 11.1. The van der Waals surface area contributed by atoms with Crippen molar-refractivity contribution in [2.75, 3.05) is 6.54 Å². The molecule has 2 aromatic heterocycles. The van der Waals surface area contributed by atoms with Crippen molar-refractivity contribution in [2.24, 2.45) is 0 Å². The van der Waals surface area contributed by atoms with Crippen molar-refractivity contribution in [1.82, 2.24) is 14.7 Å². The molecular weight excluding hydrogens is 253 g/mol. The van der Waals surface area contributed by atoms with Crippen LogP contribution in [0.15, 0.2) is 48.8 Å². The number of hydrogen-bond donors (Lipinski definition) is 1. The standard InChI is InChI=1S/C16H16FN3/c1-2-18-11-13-10-12(6-7-14(13)17)15-4-3-5-16-19-8-9-20(15)16/h3-10,18H,2,11H2,1H3. The van der Waals surface area contributed by atoms with Gasteiger partial charge in [0.1, 0.15) is 11.5 Å². The molecular formula is C16H16FN3. The fraction of sp³-hybridized carbons (Fsp3) is 0.188. The van der Waals surface area contributed by atoms with Crippen molar-refractivity contribution >= 4 is 5.65 Å². The van der Waals surface area contributed by atoms with Gasteiger partial charge in [0.25, 0.3) is 0 Å². The van der Waals surface area contributed by atoms with Crippen LogP contribution < -0.4 is 5.32 Å². The molecule has 3 nitrogen and oxygen atoms in total. The minimum absolute atomic E-state index is 0.174. The summed E-state index contributed by atoms with van der Waals surface area (Å²) in [6.07, 6.45) is 3.68. The number of halogens is 1. The van der Waals surface area contributed by atoms with Crippen molar-refractivity contribution in [2.45, 2.75) is 13.5 Å². The first-order valence-corrected chi connectivity index (χ1v) is 6.71. The zero-order chi connectivity index (χ0) is 13.9. The molecule has 0 atom stereocenters. The molecule has 0 aliphatic rings. The molecule has 0 saturated carbocycles. The van der Waals surface area contributed by atoms with Gasteiger partial charge < -0.3 is 5.32 Å². The number of benzene rings is 1. The van der Waals surface area contributed by atoms with E-state index in [1.165, 1.54) is 6.07 Å². The number of fused-ring (bicyclic) bond motifs is 1. The highest BCUT2D eigenvalue weighted by atomic mass is 19.1. The Labute approximate surface area is 117 Å². The number of imidazole rings is 1. The summed E-state index contributed by atoms with van der Waals surface area (Å²) in [5.74, 6) is -0.174. The predicted octanol–water partition coefficient (Wildman–Crippen LogP) is 3.25. The fourth-order valence-electron chi connectivity index (χ4n) is 2.31. The van der Waals surface area contributed by atoms with Crippen LogP contribution in [0.3, 0.4) is 0 Å². The summed E-state index contributed by atoms with van der Waals surface area (Å²) < 4.78 is 15.8. The number of nitrogens with one attached hydrogen (secondary N) is 1. The van der Waals surface area contributed by atoms with Crippen molar-refractivity contribution < 1.29 is 4.39 Å². The second-order valence-corrected chi connectivity index (χ2v) is 4.65. The van der Waals surface area contributed by atoms with Crippen LogP contribution in [0.5, 0.6) is 0 Å². The summed E-state index contributed by atoms with van der Waals surface area (Å²) in [7, 11) is 0. The van der Waals surface area contributed by atoms with Gasteiger partial charge >= 0.3 is 0 Å². The predicted molar refractivity (Wildman–Crippen MR) is 78.0 cm³/mol. The van der Waals surface area contributed by atoms with E-state index in [9.17, 15) is 4.39 Å². The third-order valence-electron chi connectivity index (χ3n) is 3.34. The van der Waals surface area contributed by atoms with Crippen LogP contribution in [0.2, 0.25) is 0 Å². The SMILES string of the molecule is CCNCc1cc(-c2cccc3nccn23)ccc1F. The van der Waals surface area contributed by atoms with Crippen molar-refractivity contribution in [3.63, 3.8) is 0 Å². The molecule has 0 radical (unpaired) electrons. The van der Waals surface area contributed by atoms with Gasteiger partial charge in [0.2, 0.25) is 0 Å². The van der Waals surface area contributed by atoms with Gasteiger partial charge in [-0.05, 0) is 42.4 Å². The van der Waals surface area contributed by atoms with Gasteiger partial charge in [-0.3, -0.25) is 4.40 Å². The Morgan fingerprint density at radius 2 is 2.15 bits per heavy atom. The molecule has 3 rings (SSSR count). The molecule has 0 fully saturated rings. The molecule has 0 bridgehead atoms. The van der Waals surface area contributed by atoms with Gasteiger partial charge in [0, 0.05) is 24.5 Å². The van der Waals surface area contributed by atoms with Crippen molar-refractivity contribution in [3.8, 4) is 11.3 Å². The summed E-state index contributed by atoms with van der Waals surface area (Å²) in [4.78, 5) is 4.27. The number of aromatic nitrogens is 2. The van der Waals surface area contributed by atoms with E-state index in [1.54, 1.807) is 12.3 Å². The molecule has 0 aliphatic heterocycles. The van der Waals surface area contributed by atoms with Crippen molar-refractivity contribution in [1.29, 1.82) is 0 Å². The Morgan fingerprint density at radius 3 is 3.00 bits per heavy atom. The van der Waals surface area contributed by atoms with Crippen molar-refractivity contribution in [3.05, 3.63) is 60.2 Å². The monoisotopic (exact) mass is 269 g/mol. The average molecular weight is 269 g/mol. The minimum Gasteiger partial charge on any atom is -0.313 e.